The quantitative estimate of drug-likeness (QED) is 0.907. The first-order valence-corrected chi connectivity index (χ1v) is 7.52. The van der Waals surface area contributed by atoms with Crippen LogP contribution in [0.4, 0.5) is 0 Å². The molecule has 1 atom stereocenters. The minimum atomic E-state index is 0.645. The molecule has 1 aliphatic heterocycles. The highest BCUT2D eigenvalue weighted by Gasteiger charge is 2.15. The molecule has 1 fully saturated rings. The number of hydrogen-bond acceptors (Lipinski definition) is 3. The van der Waals surface area contributed by atoms with Crippen molar-refractivity contribution in [1.29, 1.82) is 0 Å². The number of nitrogens with zero attached hydrogens (tertiary/aromatic N) is 2. The highest BCUT2D eigenvalue weighted by atomic mass is 79.9. The van der Waals surface area contributed by atoms with Crippen molar-refractivity contribution in [3.05, 3.63) is 15.9 Å². The number of piperidine rings is 1. The van der Waals surface area contributed by atoms with Gasteiger partial charge >= 0.3 is 0 Å². The van der Waals surface area contributed by atoms with Gasteiger partial charge < -0.3 is 10.1 Å². The van der Waals surface area contributed by atoms with Crippen LogP contribution in [-0.2, 0) is 17.9 Å². The van der Waals surface area contributed by atoms with Crippen molar-refractivity contribution in [3.8, 4) is 0 Å². The van der Waals surface area contributed by atoms with Gasteiger partial charge in [-0.3, -0.25) is 4.68 Å². The van der Waals surface area contributed by atoms with Crippen LogP contribution < -0.4 is 5.32 Å². The predicted molar refractivity (Wildman–Crippen MR) is 75.6 cm³/mol. The first-order valence-electron chi connectivity index (χ1n) is 6.72. The van der Waals surface area contributed by atoms with Crippen LogP contribution in [0.1, 0.15) is 31.2 Å². The van der Waals surface area contributed by atoms with Gasteiger partial charge in [0.1, 0.15) is 0 Å². The first kappa shape index (κ1) is 14.0. The van der Waals surface area contributed by atoms with Gasteiger partial charge in [-0.25, -0.2) is 0 Å². The lowest BCUT2D eigenvalue weighted by Gasteiger charge is -2.22. The molecule has 2 rings (SSSR count). The van der Waals surface area contributed by atoms with Crippen LogP contribution in [0.5, 0.6) is 0 Å². The summed E-state index contributed by atoms with van der Waals surface area (Å²) in [5.74, 6) is 0.664. The van der Waals surface area contributed by atoms with Crippen LogP contribution in [0.3, 0.4) is 0 Å². The Morgan fingerprint density at radius 1 is 1.56 bits per heavy atom. The molecule has 1 aromatic heterocycles. The van der Waals surface area contributed by atoms with Crippen molar-refractivity contribution in [2.24, 2.45) is 5.92 Å². The largest absolute Gasteiger partial charge is 0.375 e. The molecule has 2 heterocycles. The van der Waals surface area contributed by atoms with Gasteiger partial charge in [0.05, 0.1) is 29.1 Å². The van der Waals surface area contributed by atoms with E-state index in [1.165, 1.54) is 12.8 Å². The zero-order valence-electron chi connectivity index (χ0n) is 11.2. The van der Waals surface area contributed by atoms with Gasteiger partial charge in [0, 0.05) is 13.1 Å². The second-order valence-electron chi connectivity index (χ2n) is 4.89. The van der Waals surface area contributed by atoms with Gasteiger partial charge in [-0.1, -0.05) is 0 Å². The normalized spacial score (nSPS) is 20.3. The van der Waals surface area contributed by atoms with Crippen molar-refractivity contribution >= 4 is 15.9 Å². The molecule has 18 heavy (non-hydrogen) atoms. The van der Waals surface area contributed by atoms with Crippen molar-refractivity contribution in [2.75, 3.05) is 19.7 Å². The number of aryl methyl sites for hydroxylation is 2. The first-order chi connectivity index (χ1) is 8.72. The van der Waals surface area contributed by atoms with Gasteiger partial charge in [0.2, 0.25) is 0 Å². The van der Waals surface area contributed by atoms with E-state index in [2.05, 4.69) is 33.3 Å². The smallest absolute Gasteiger partial charge is 0.0896 e. The summed E-state index contributed by atoms with van der Waals surface area (Å²) in [5, 5.41) is 7.89. The molecule has 1 unspecified atom stereocenters. The Balaban J connectivity index is 1.85. The zero-order chi connectivity index (χ0) is 13.0. The van der Waals surface area contributed by atoms with Crippen molar-refractivity contribution < 1.29 is 4.74 Å². The molecule has 102 valence electrons. The number of rotatable bonds is 5. The Bertz CT molecular complexity index is 386. The molecule has 0 bridgehead atoms. The number of halogens is 1. The van der Waals surface area contributed by atoms with Crippen LogP contribution >= 0.6 is 15.9 Å². The molecule has 0 amide bonds. The molecule has 1 N–H and O–H groups in total. The summed E-state index contributed by atoms with van der Waals surface area (Å²) in [4.78, 5) is 0. The van der Waals surface area contributed by atoms with Gasteiger partial charge in [-0.15, -0.1) is 0 Å². The van der Waals surface area contributed by atoms with Crippen LogP contribution in [0.2, 0.25) is 0 Å². The molecule has 0 radical (unpaired) electrons. The van der Waals surface area contributed by atoms with E-state index in [9.17, 15) is 0 Å². The fraction of sp³-hybridized carbons (Fsp3) is 0.769. The van der Waals surface area contributed by atoms with E-state index in [1.54, 1.807) is 0 Å². The fourth-order valence-corrected chi connectivity index (χ4v) is 2.79. The summed E-state index contributed by atoms with van der Waals surface area (Å²) in [5.41, 5.74) is 2.19. The summed E-state index contributed by atoms with van der Waals surface area (Å²) in [6, 6.07) is 0. The predicted octanol–water partition coefficient (Wildman–Crippen LogP) is 2.49. The molecule has 4 nitrogen and oxygen atoms in total. The standard InChI is InChI=1S/C13H22BrN3O/c1-3-17-12(13(14)10(2)16-17)9-18-8-11-5-4-6-15-7-11/h11,15H,3-9H2,1-2H3. The van der Waals surface area contributed by atoms with Gasteiger partial charge in [0.15, 0.2) is 0 Å². The Hall–Kier alpha value is -0.390. The van der Waals surface area contributed by atoms with Crippen molar-refractivity contribution in [3.63, 3.8) is 0 Å². The van der Waals surface area contributed by atoms with Crippen molar-refractivity contribution in [2.45, 2.75) is 39.8 Å². The molecular formula is C13H22BrN3O. The van der Waals surface area contributed by atoms with Crippen LogP contribution in [-0.4, -0.2) is 29.5 Å². The van der Waals surface area contributed by atoms with E-state index in [0.29, 0.717) is 12.5 Å². The average Bonchev–Trinajstić information content (AvgIpc) is 2.67. The van der Waals surface area contributed by atoms with Crippen molar-refractivity contribution in [1.82, 2.24) is 15.1 Å². The fourth-order valence-electron chi connectivity index (χ4n) is 2.40. The minimum absolute atomic E-state index is 0.645. The third-order valence-corrected chi connectivity index (χ3v) is 4.48. The molecule has 0 aliphatic carbocycles. The molecule has 5 heteroatoms. The summed E-state index contributed by atoms with van der Waals surface area (Å²) in [6.07, 6.45) is 2.55. The minimum Gasteiger partial charge on any atom is -0.375 e. The Kier molecular flexibility index (Phi) is 5.21. The molecule has 1 aliphatic rings. The summed E-state index contributed by atoms with van der Waals surface area (Å²) >= 11 is 3.59. The van der Waals surface area contributed by atoms with Gasteiger partial charge in [0.25, 0.3) is 0 Å². The Morgan fingerprint density at radius 3 is 3.06 bits per heavy atom. The molecule has 0 saturated carbocycles. The highest BCUT2D eigenvalue weighted by molar-refractivity contribution is 9.10. The van der Waals surface area contributed by atoms with E-state index >= 15 is 0 Å². The highest BCUT2D eigenvalue weighted by Crippen LogP contribution is 2.22. The van der Waals surface area contributed by atoms with Crippen LogP contribution in [0, 0.1) is 12.8 Å². The average molecular weight is 316 g/mol. The van der Waals surface area contributed by atoms with E-state index in [4.69, 9.17) is 4.74 Å². The summed E-state index contributed by atoms with van der Waals surface area (Å²) in [7, 11) is 0. The van der Waals surface area contributed by atoms with E-state index in [-0.39, 0.29) is 0 Å². The maximum atomic E-state index is 5.86. The van der Waals surface area contributed by atoms with E-state index in [0.717, 1.165) is 42.1 Å². The maximum Gasteiger partial charge on any atom is 0.0896 e. The lowest BCUT2D eigenvalue weighted by molar-refractivity contribution is 0.0737. The molecule has 0 spiro atoms. The topological polar surface area (TPSA) is 39.1 Å². The number of ether oxygens (including phenoxy) is 1. The molecule has 1 aromatic rings. The third kappa shape index (κ3) is 3.33. The van der Waals surface area contributed by atoms with Gasteiger partial charge in [-0.2, -0.15) is 5.10 Å². The molecular weight excluding hydrogens is 294 g/mol. The number of aromatic nitrogens is 2. The monoisotopic (exact) mass is 315 g/mol. The number of nitrogens with one attached hydrogen (secondary N) is 1. The van der Waals surface area contributed by atoms with Crippen LogP contribution in [0.15, 0.2) is 4.47 Å². The Labute approximate surface area is 117 Å². The van der Waals surface area contributed by atoms with E-state index in [1.807, 2.05) is 11.6 Å². The van der Waals surface area contributed by atoms with E-state index < -0.39 is 0 Å². The zero-order valence-corrected chi connectivity index (χ0v) is 12.8. The lowest BCUT2D eigenvalue weighted by Crippen LogP contribution is -2.32. The molecule has 1 saturated heterocycles. The second-order valence-corrected chi connectivity index (χ2v) is 5.68. The lowest BCUT2D eigenvalue weighted by atomic mass is 10.0. The Morgan fingerprint density at radius 2 is 2.39 bits per heavy atom. The summed E-state index contributed by atoms with van der Waals surface area (Å²) in [6.45, 7) is 8.74. The van der Waals surface area contributed by atoms with Crippen LogP contribution in [0.25, 0.3) is 0 Å². The maximum absolute atomic E-state index is 5.86. The second kappa shape index (κ2) is 6.68. The third-order valence-electron chi connectivity index (χ3n) is 3.44. The van der Waals surface area contributed by atoms with Gasteiger partial charge in [-0.05, 0) is 55.1 Å². The molecule has 0 aromatic carbocycles. The SMILES string of the molecule is CCn1nc(C)c(Br)c1COCC1CCCNC1. The summed E-state index contributed by atoms with van der Waals surface area (Å²) < 4.78 is 8.97. The number of hydrogen-bond donors (Lipinski definition) is 1.